The summed E-state index contributed by atoms with van der Waals surface area (Å²) in [5.74, 6) is -0.883. The summed E-state index contributed by atoms with van der Waals surface area (Å²) in [6, 6.07) is 3.74. The van der Waals surface area contributed by atoms with Crippen LogP contribution in [0.1, 0.15) is 15.9 Å². The number of nitrogens with zero attached hydrogens (tertiary/aromatic N) is 2. The van der Waals surface area contributed by atoms with Crippen molar-refractivity contribution in [1.29, 1.82) is 0 Å². The van der Waals surface area contributed by atoms with Gasteiger partial charge in [0.2, 0.25) is 5.15 Å². The van der Waals surface area contributed by atoms with Crippen molar-refractivity contribution in [3.63, 3.8) is 0 Å². The molecule has 0 aliphatic rings. The maximum atomic E-state index is 12.6. The molecule has 0 spiro atoms. The van der Waals surface area contributed by atoms with Crippen LogP contribution >= 0.6 is 22.9 Å². The van der Waals surface area contributed by atoms with Crippen LogP contribution in [0.5, 0.6) is 0 Å². The fourth-order valence-corrected chi connectivity index (χ4v) is 2.45. The second kappa shape index (κ2) is 5.89. The van der Waals surface area contributed by atoms with Crippen molar-refractivity contribution in [1.82, 2.24) is 4.98 Å². The summed E-state index contributed by atoms with van der Waals surface area (Å²) >= 11 is 6.02. The number of rotatable bonds is 3. The fourth-order valence-electron chi connectivity index (χ4n) is 1.47. The van der Waals surface area contributed by atoms with Gasteiger partial charge in [0, 0.05) is 5.56 Å². The van der Waals surface area contributed by atoms with Gasteiger partial charge in [0.25, 0.3) is 5.91 Å². The standard InChI is InChI=1S/C11H5ClF3N3O3S/c12-7-9(18(20)21)22-10(16-7)17-8(19)5-2-1-3-6(4-5)11(13,14)15/h1-4H,(H,16,17,19). The van der Waals surface area contributed by atoms with Gasteiger partial charge in [-0.1, -0.05) is 17.7 Å². The molecule has 1 N–H and O–H groups in total. The average molecular weight is 352 g/mol. The Bertz CT molecular complexity index is 748. The summed E-state index contributed by atoms with van der Waals surface area (Å²) in [4.78, 5) is 25.2. The lowest BCUT2D eigenvalue weighted by molar-refractivity contribution is -0.380. The van der Waals surface area contributed by atoms with Crippen molar-refractivity contribution in [3.05, 3.63) is 50.7 Å². The Labute approximate surface area is 129 Å². The number of benzene rings is 1. The van der Waals surface area contributed by atoms with Gasteiger partial charge in [-0.2, -0.15) is 13.2 Å². The highest BCUT2D eigenvalue weighted by Gasteiger charge is 2.31. The smallest absolute Gasteiger partial charge is 0.298 e. The third-order valence-electron chi connectivity index (χ3n) is 2.41. The van der Waals surface area contributed by atoms with Crippen molar-refractivity contribution in [2.45, 2.75) is 6.18 Å². The first-order valence-corrected chi connectivity index (χ1v) is 6.67. The first-order valence-electron chi connectivity index (χ1n) is 5.48. The summed E-state index contributed by atoms with van der Waals surface area (Å²) in [6.07, 6.45) is -4.58. The van der Waals surface area contributed by atoms with Crippen LogP contribution in [0, 0.1) is 10.1 Å². The molecule has 6 nitrogen and oxygen atoms in total. The lowest BCUT2D eigenvalue weighted by Gasteiger charge is -2.08. The Kier molecular flexibility index (Phi) is 4.33. The molecule has 0 aliphatic heterocycles. The number of hydrogen-bond acceptors (Lipinski definition) is 5. The summed E-state index contributed by atoms with van der Waals surface area (Å²) < 4.78 is 37.7. The van der Waals surface area contributed by atoms with Crippen molar-refractivity contribution in [3.8, 4) is 0 Å². The van der Waals surface area contributed by atoms with Crippen LogP contribution < -0.4 is 5.32 Å². The zero-order valence-electron chi connectivity index (χ0n) is 10.3. The fraction of sp³-hybridized carbons (Fsp3) is 0.0909. The Morgan fingerprint density at radius 1 is 1.41 bits per heavy atom. The Morgan fingerprint density at radius 3 is 2.64 bits per heavy atom. The van der Waals surface area contributed by atoms with Crippen molar-refractivity contribution < 1.29 is 22.9 Å². The molecule has 116 valence electrons. The topological polar surface area (TPSA) is 85.1 Å². The van der Waals surface area contributed by atoms with E-state index in [1.165, 1.54) is 6.07 Å². The molecular weight excluding hydrogens is 347 g/mol. The van der Waals surface area contributed by atoms with Crippen LogP contribution in [-0.2, 0) is 6.18 Å². The van der Waals surface area contributed by atoms with E-state index in [9.17, 15) is 28.1 Å². The van der Waals surface area contributed by atoms with Gasteiger partial charge in [0.1, 0.15) is 0 Å². The number of carbonyl (C=O) groups excluding carboxylic acids is 1. The van der Waals surface area contributed by atoms with Crippen LogP contribution in [0.4, 0.5) is 23.3 Å². The maximum absolute atomic E-state index is 12.6. The second-order valence-electron chi connectivity index (χ2n) is 3.90. The van der Waals surface area contributed by atoms with Crippen LogP contribution in [0.2, 0.25) is 5.15 Å². The lowest BCUT2D eigenvalue weighted by atomic mass is 10.1. The molecular formula is C11H5ClF3N3O3S. The number of thiazole rings is 1. The van der Waals surface area contributed by atoms with E-state index in [4.69, 9.17) is 11.6 Å². The normalized spacial score (nSPS) is 11.3. The third-order valence-corrected chi connectivity index (χ3v) is 3.71. The minimum absolute atomic E-state index is 0.181. The van der Waals surface area contributed by atoms with E-state index < -0.39 is 32.7 Å². The number of alkyl halides is 3. The molecule has 1 amide bonds. The van der Waals surface area contributed by atoms with Crippen LogP contribution in [0.25, 0.3) is 0 Å². The minimum Gasteiger partial charge on any atom is -0.298 e. The highest BCUT2D eigenvalue weighted by Crippen LogP contribution is 2.34. The van der Waals surface area contributed by atoms with Gasteiger partial charge in [-0.25, -0.2) is 4.98 Å². The SMILES string of the molecule is O=C(Nc1nc(Cl)c([N+](=O)[O-])s1)c1cccc(C(F)(F)F)c1. The van der Waals surface area contributed by atoms with E-state index in [2.05, 4.69) is 10.3 Å². The molecule has 11 heteroatoms. The molecule has 1 heterocycles. The number of anilines is 1. The first kappa shape index (κ1) is 16.2. The molecule has 0 saturated heterocycles. The predicted octanol–water partition coefficient (Wildman–Crippen LogP) is 3.98. The van der Waals surface area contributed by atoms with Crippen molar-refractivity contribution in [2.75, 3.05) is 5.32 Å². The van der Waals surface area contributed by atoms with Gasteiger partial charge in [0.05, 0.1) is 10.5 Å². The maximum Gasteiger partial charge on any atom is 0.416 e. The number of hydrogen-bond donors (Lipinski definition) is 1. The quantitative estimate of drug-likeness (QED) is 0.669. The first-order chi connectivity index (χ1) is 10.2. The predicted molar refractivity (Wildman–Crippen MR) is 73.2 cm³/mol. The minimum atomic E-state index is -4.58. The Hall–Kier alpha value is -2.20. The van der Waals surface area contributed by atoms with E-state index in [1.807, 2.05) is 0 Å². The largest absolute Gasteiger partial charge is 0.416 e. The zero-order chi connectivity index (χ0) is 16.5. The number of nitrogens with one attached hydrogen (secondary N) is 1. The molecule has 0 bridgehead atoms. The molecule has 2 rings (SSSR count). The van der Waals surface area contributed by atoms with E-state index in [-0.39, 0.29) is 10.7 Å². The molecule has 0 atom stereocenters. The second-order valence-corrected chi connectivity index (χ2v) is 5.24. The van der Waals surface area contributed by atoms with Gasteiger partial charge >= 0.3 is 11.2 Å². The molecule has 0 radical (unpaired) electrons. The number of amides is 1. The van der Waals surface area contributed by atoms with Crippen molar-refractivity contribution in [2.24, 2.45) is 0 Å². The van der Waals surface area contributed by atoms with Crippen LogP contribution in [0.3, 0.4) is 0 Å². The van der Waals surface area contributed by atoms with Gasteiger partial charge < -0.3 is 0 Å². The molecule has 0 fully saturated rings. The molecule has 0 aliphatic carbocycles. The van der Waals surface area contributed by atoms with Gasteiger partial charge in [0.15, 0.2) is 5.13 Å². The summed E-state index contributed by atoms with van der Waals surface area (Å²) in [7, 11) is 0. The monoisotopic (exact) mass is 351 g/mol. The van der Waals surface area contributed by atoms with Gasteiger partial charge in [-0.15, -0.1) is 0 Å². The summed E-state index contributed by atoms with van der Waals surface area (Å²) in [5.41, 5.74) is -1.24. The average Bonchev–Trinajstić information content (AvgIpc) is 2.79. The van der Waals surface area contributed by atoms with Gasteiger partial charge in [-0.3, -0.25) is 20.2 Å². The van der Waals surface area contributed by atoms with Crippen molar-refractivity contribution >= 4 is 39.0 Å². The van der Waals surface area contributed by atoms with E-state index in [0.29, 0.717) is 17.4 Å². The summed E-state index contributed by atoms with van der Waals surface area (Å²) in [5, 5.41) is 11.7. The molecule has 2 aromatic rings. The molecule has 1 aromatic carbocycles. The molecule has 1 aromatic heterocycles. The van der Waals surface area contributed by atoms with E-state index in [0.717, 1.165) is 12.1 Å². The van der Waals surface area contributed by atoms with Crippen LogP contribution in [-0.4, -0.2) is 15.8 Å². The Balaban J connectivity index is 2.23. The number of nitro groups is 1. The number of halogens is 4. The molecule has 0 saturated carbocycles. The zero-order valence-corrected chi connectivity index (χ0v) is 11.9. The Morgan fingerprint density at radius 2 is 2.09 bits per heavy atom. The molecule has 22 heavy (non-hydrogen) atoms. The number of carbonyl (C=O) groups is 1. The number of aromatic nitrogens is 1. The third kappa shape index (κ3) is 3.52. The van der Waals surface area contributed by atoms with Crippen LogP contribution in [0.15, 0.2) is 24.3 Å². The highest BCUT2D eigenvalue weighted by molar-refractivity contribution is 7.19. The van der Waals surface area contributed by atoms with E-state index in [1.54, 1.807) is 0 Å². The summed E-state index contributed by atoms with van der Waals surface area (Å²) in [6.45, 7) is 0. The highest BCUT2D eigenvalue weighted by atomic mass is 35.5. The lowest BCUT2D eigenvalue weighted by Crippen LogP contribution is -2.13. The molecule has 0 unspecified atom stereocenters. The van der Waals surface area contributed by atoms with E-state index >= 15 is 0 Å². The van der Waals surface area contributed by atoms with Gasteiger partial charge in [-0.05, 0) is 29.5 Å².